The number of amides is 2. The van der Waals surface area contributed by atoms with E-state index in [0.29, 0.717) is 25.7 Å². The van der Waals surface area contributed by atoms with Gasteiger partial charge in [-0.1, -0.05) is 53.8 Å². The standard InChI is InChI=1S/C19H15ClN2O3S2/c1-11-2-5-13(9-15(11)20)21-17(23)10-25-14-6-3-12(4-7-14)8-16-18(24)22-19(26)27-16/h2-9H,10H2,1H3,(H,21,23)(H,22,24,26)/b16-8-. The van der Waals surface area contributed by atoms with Crippen LogP contribution in [0.15, 0.2) is 47.4 Å². The second kappa shape index (κ2) is 8.56. The van der Waals surface area contributed by atoms with Crippen LogP contribution in [0.5, 0.6) is 5.75 Å². The summed E-state index contributed by atoms with van der Waals surface area (Å²) in [5.74, 6) is 0.0696. The molecule has 0 radical (unpaired) electrons. The number of ether oxygens (including phenoxy) is 1. The molecule has 0 aromatic heterocycles. The Balaban J connectivity index is 1.54. The molecule has 0 saturated carbocycles. The molecular formula is C19H15ClN2O3S2. The Kier molecular flexibility index (Phi) is 6.15. The highest BCUT2D eigenvalue weighted by atomic mass is 35.5. The van der Waals surface area contributed by atoms with E-state index in [4.69, 9.17) is 28.6 Å². The fourth-order valence-corrected chi connectivity index (χ4v) is 3.47. The molecule has 8 heteroatoms. The highest BCUT2D eigenvalue weighted by Gasteiger charge is 2.21. The van der Waals surface area contributed by atoms with E-state index in [2.05, 4.69) is 10.6 Å². The SMILES string of the molecule is Cc1ccc(NC(=O)COc2ccc(/C=C3\SC(=S)NC3=O)cc2)cc1Cl. The maximum absolute atomic E-state index is 12.0. The molecule has 27 heavy (non-hydrogen) atoms. The molecule has 0 atom stereocenters. The topological polar surface area (TPSA) is 67.4 Å². The fourth-order valence-electron chi connectivity index (χ4n) is 2.25. The van der Waals surface area contributed by atoms with Crippen LogP contribution in [-0.4, -0.2) is 22.7 Å². The Morgan fingerprint density at radius 1 is 1.30 bits per heavy atom. The van der Waals surface area contributed by atoms with Gasteiger partial charge in [-0.05, 0) is 48.4 Å². The smallest absolute Gasteiger partial charge is 0.263 e. The number of carbonyl (C=O) groups is 2. The van der Waals surface area contributed by atoms with Gasteiger partial charge in [0.1, 0.15) is 10.1 Å². The third-order valence-electron chi connectivity index (χ3n) is 3.65. The maximum atomic E-state index is 12.0. The monoisotopic (exact) mass is 418 g/mol. The molecule has 138 valence electrons. The van der Waals surface area contributed by atoms with E-state index in [1.807, 2.05) is 13.0 Å². The van der Waals surface area contributed by atoms with E-state index < -0.39 is 0 Å². The Morgan fingerprint density at radius 3 is 2.67 bits per heavy atom. The van der Waals surface area contributed by atoms with Crippen molar-refractivity contribution in [2.24, 2.45) is 0 Å². The van der Waals surface area contributed by atoms with E-state index in [-0.39, 0.29) is 18.4 Å². The van der Waals surface area contributed by atoms with Crippen LogP contribution < -0.4 is 15.4 Å². The molecule has 1 aliphatic rings. The van der Waals surface area contributed by atoms with Gasteiger partial charge < -0.3 is 15.4 Å². The number of anilines is 1. The van der Waals surface area contributed by atoms with Gasteiger partial charge in [0.2, 0.25) is 0 Å². The lowest BCUT2D eigenvalue weighted by molar-refractivity contribution is -0.118. The van der Waals surface area contributed by atoms with Gasteiger partial charge in [-0.3, -0.25) is 9.59 Å². The minimum Gasteiger partial charge on any atom is -0.484 e. The molecule has 2 amide bonds. The highest BCUT2D eigenvalue weighted by Crippen LogP contribution is 2.26. The zero-order chi connectivity index (χ0) is 19.4. The van der Waals surface area contributed by atoms with Crippen molar-refractivity contribution in [3.05, 3.63) is 63.5 Å². The number of hydrogen-bond acceptors (Lipinski definition) is 5. The zero-order valence-electron chi connectivity index (χ0n) is 14.2. The van der Waals surface area contributed by atoms with E-state index in [0.717, 1.165) is 11.1 Å². The van der Waals surface area contributed by atoms with Crippen LogP contribution in [0.25, 0.3) is 6.08 Å². The summed E-state index contributed by atoms with van der Waals surface area (Å²) in [6.07, 6.45) is 1.75. The Morgan fingerprint density at radius 2 is 2.04 bits per heavy atom. The number of hydrogen-bond donors (Lipinski definition) is 2. The van der Waals surface area contributed by atoms with Crippen molar-refractivity contribution in [1.82, 2.24) is 5.32 Å². The number of carbonyl (C=O) groups excluding carboxylic acids is 2. The van der Waals surface area contributed by atoms with Crippen LogP contribution in [0.3, 0.4) is 0 Å². The first-order valence-corrected chi connectivity index (χ1v) is 9.55. The molecule has 1 saturated heterocycles. The normalized spacial score (nSPS) is 15.0. The van der Waals surface area contributed by atoms with Crippen LogP contribution in [0, 0.1) is 6.92 Å². The lowest BCUT2D eigenvalue weighted by Gasteiger charge is -2.09. The molecule has 0 unspecified atom stereocenters. The number of rotatable bonds is 5. The van der Waals surface area contributed by atoms with Gasteiger partial charge >= 0.3 is 0 Å². The summed E-state index contributed by atoms with van der Waals surface area (Å²) in [6, 6.07) is 12.4. The minimum atomic E-state index is -0.284. The summed E-state index contributed by atoms with van der Waals surface area (Å²) in [7, 11) is 0. The average molecular weight is 419 g/mol. The molecule has 0 bridgehead atoms. The summed E-state index contributed by atoms with van der Waals surface area (Å²) >= 11 is 12.2. The number of nitrogens with one attached hydrogen (secondary N) is 2. The van der Waals surface area contributed by atoms with Gasteiger partial charge in [0.25, 0.3) is 11.8 Å². The van der Waals surface area contributed by atoms with Crippen LogP contribution in [-0.2, 0) is 9.59 Å². The van der Waals surface area contributed by atoms with Crippen LogP contribution in [0.2, 0.25) is 5.02 Å². The Labute approximate surface area is 171 Å². The summed E-state index contributed by atoms with van der Waals surface area (Å²) in [5.41, 5.74) is 2.39. The lowest BCUT2D eigenvalue weighted by Crippen LogP contribution is -2.20. The first kappa shape index (κ1) is 19.4. The van der Waals surface area contributed by atoms with E-state index >= 15 is 0 Å². The Bertz CT molecular complexity index is 942. The van der Waals surface area contributed by atoms with E-state index in [9.17, 15) is 9.59 Å². The van der Waals surface area contributed by atoms with E-state index in [1.54, 1.807) is 42.5 Å². The highest BCUT2D eigenvalue weighted by molar-refractivity contribution is 8.26. The number of aryl methyl sites for hydroxylation is 1. The van der Waals surface area contributed by atoms with Crippen LogP contribution in [0.4, 0.5) is 5.69 Å². The summed E-state index contributed by atoms with van der Waals surface area (Å²) in [5, 5.41) is 5.89. The molecule has 2 N–H and O–H groups in total. The number of benzene rings is 2. The van der Waals surface area contributed by atoms with Gasteiger partial charge in [-0.2, -0.15) is 0 Å². The molecule has 5 nitrogen and oxygen atoms in total. The number of thiocarbonyl (C=S) groups is 1. The second-order valence-electron chi connectivity index (χ2n) is 5.72. The molecule has 0 aliphatic carbocycles. The van der Waals surface area contributed by atoms with Crippen molar-refractivity contribution < 1.29 is 14.3 Å². The largest absolute Gasteiger partial charge is 0.484 e. The van der Waals surface area contributed by atoms with Crippen molar-refractivity contribution in [3.8, 4) is 5.75 Å². The van der Waals surface area contributed by atoms with Gasteiger partial charge in [-0.15, -0.1) is 0 Å². The van der Waals surface area contributed by atoms with Gasteiger partial charge in [0.05, 0.1) is 4.91 Å². The maximum Gasteiger partial charge on any atom is 0.263 e. The molecule has 2 aromatic rings. The lowest BCUT2D eigenvalue weighted by atomic mass is 10.2. The summed E-state index contributed by atoms with van der Waals surface area (Å²) in [6.45, 7) is 1.77. The minimum absolute atomic E-state index is 0.127. The van der Waals surface area contributed by atoms with Crippen LogP contribution >= 0.6 is 35.6 Å². The molecule has 1 fully saturated rings. The molecule has 1 aliphatic heterocycles. The second-order valence-corrected chi connectivity index (χ2v) is 7.85. The zero-order valence-corrected chi connectivity index (χ0v) is 16.6. The number of thioether (sulfide) groups is 1. The molecule has 3 rings (SSSR count). The molecular weight excluding hydrogens is 404 g/mol. The molecule has 0 spiro atoms. The van der Waals surface area contributed by atoms with Gasteiger partial charge in [0, 0.05) is 10.7 Å². The van der Waals surface area contributed by atoms with Crippen molar-refractivity contribution in [2.75, 3.05) is 11.9 Å². The van der Waals surface area contributed by atoms with Gasteiger partial charge in [-0.25, -0.2) is 0 Å². The summed E-state index contributed by atoms with van der Waals surface area (Å²) < 4.78 is 5.94. The number of halogens is 1. The fraction of sp³-hybridized carbons (Fsp3) is 0.105. The predicted octanol–water partition coefficient (Wildman–Crippen LogP) is 4.15. The third-order valence-corrected chi connectivity index (χ3v) is 5.22. The predicted molar refractivity (Wildman–Crippen MR) is 113 cm³/mol. The van der Waals surface area contributed by atoms with Crippen LogP contribution in [0.1, 0.15) is 11.1 Å². The van der Waals surface area contributed by atoms with Crippen molar-refractivity contribution in [1.29, 1.82) is 0 Å². The van der Waals surface area contributed by atoms with E-state index in [1.165, 1.54) is 11.8 Å². The Hall–Kier alpha value is -2.35. The summed E-state index contributed by atoms with van der Waals surface area (Å²) in [4.78, 5) is 24.2. The first-order chi connectivity index (χ1) is 12.9. The quantitative estimate of drug-likeness (QED) is 0.563. The van der Waals surface area contributed by atoms with Crippen molar-refractivity contribution in [2.45, 2.75) is 6.92 Å². The van der Waals surface area contributed by atoms with Crippen molar-refractivity contribution in [3.63, 3.8) is 0 Å². The van der Waals surface area contributed by atoms with Gasteiger partial charge in [0.15, 0.2) is 6.61 Å². The third kappa shape index (κ3) is 5.32. The van der Waals surface area contributed by atoms with Crippen molar-refractivity contribution >= 4 is 63.5 Å². The molecule has 2 aromatic carbocycles. The first-order valence-electron chi connectivity index (χ1n) is 7.94. The average Bonchev–Trinajstić information content (AvgIpc) is 2.95. The molecule has 1 heterocycles.